The summed E-state index contributed by atoms with van der Waals surface area (Å²) in [4.78, 5) is 52.2. The van der Waals surface area contributed by atoms with Gasteiger partial charge < -0.3 is 20.3 Å². The Hall–Kier alpha value is -1.66. The molecule has 2 aliphatic rings. The molecule has 206 valence electrons. The molecule has 0 aromatic rings. The van der Waals surface area contributed by atoms with Crippen LogP contribution in [0.5, 0.6) is 0 Å². The minimum absolute atomic E-state index is 0.154. The van der Waals surface area contributed by atoms with E-state index in [2.05, 4.69) is 10.6 Å². The smallest absolute Gasteiger partial charge is 0.408 e. The molecule has 1 spiro atoms. The van der Waals surface area contributed by atoms with Crippen LogP contribution in [0.2, 0.25) is 0 Å². The molecule has 2 aliphatic heterocycles. The standard InChI is InChI=1S/C24H42N4O6S2/c1-16(2)13-17(26-22(32)34-23(3,4)5)21(31)28-15-24(35-11-12-36-24)14-18(28)20(30)25-10-8-6-7-9-19(29)27-33/h16-18,33H,6-15H2,1-5H3,(H,25,30)(H,26,32)(H,27,29)/t17-,18-/m0/s1. The van der Waals surface area contributed by atoms with Gasteiger partial charge >= 0.3 is 6.09 Å². The summed E-state index contributed by atoms with van der Waals surface area (Å²) in [7, 11) is 0. The molecule has 10 nitrogen and oxygen atoms in total. The number of carbonyl (C=O) groups is 4. The summed E-state index contributed by atoms with van der Waals surface area (Å²) in [5.41, 5.74) is 0.924. The summed E-state index contributed by atoms with van der Waals surface area (Å²) in [5, 5.41) is 14.3. The number of nitrogens with zero attached hydrogens (tertiary/aromatic N) is 1. The quantitative estimate of drug-likeness (QED) is 0.176. The van der Waals surface area contributed by atoms with Crippen molar-refractivity contribution >= 4 is 47.3 Å². The number of hydrogen-bond donors (Lipinski definition) is 4. The van der Waals surface area contributed by atoms with Crippen molar-refractivity contribution in [1.29, 1.82) is 0 Å². The third kappa shape index (κ3) is 9.66. The van der Waals surface area contributed by atoms with Gasteiger partial charge in [-0.2, -0.15) is 0 Å². The number of unbranched alkanes of at least 4 members (excludes halogenated alkanes) is 2. The van der Waals surface area contributed by atoms with Crippen molar-refractivity contribution in [3.8, 4) is 0 Å². The zero-order valence-electron chi connectivity index (χ0n) is 22.1. The van der Waals surface area contributed by atoms with Gasteiger partial charge in [-0.25, -0.2) is 10.3 Å². The minimum atomic E-state index is -0.778. The summed E-state index contributed by atoms with van der Waals surface area (Å²) in [6.07, 6.45) is 2.63. The van der Waals surface area contributed by atoms with E-state index in [4.69, 9.17) is 9.94 Å². The van der Waals surface area contributed by atoms with Gasteiger partial charge in [0.15, 0.2) is 0 Å². The van der Waals surface area contributed by atoms with Crippen molar-refractivity contribution in [3.05, 3.63) is 0 Å². The number of amides is 4. The highest BCUT2D eigenvalue weighted by Gasteiger charge is 2.52. The molecule has 0 unspecified atom stereocenters. The normalized spacial score (nSPS) is 19.9. The second-order valence-electron chi connectivity index (χ2n) is 10.8. The Morgan fingerprint density at radius 3 is 2.36 bits per heavy atom. The minimum Gasteiger partial charge on any atom is -0.444 e. The van der Waals surface area contributed by atoms with Crippen LogP contribution in [0.4, 0.5) is 4.79 Å². The molecule has 0 aromatic carbocycles. The molecule has 36 heavy (non-hydrogen) atoms. The lowest BCUT2D eigenvalue weighted by Gasteiger charge is -2.30. The summed E-state index contributed by atoms with van der Waals surface area (Å²) in [5.74, 6) is 1.24. The van der Waals surface area contributed by atoms with Crippen LogP contribution in [0.1, 0.15) is 73.1 Å². The molecule has 4 amide bonds. The second kappa shape index (κ2) is 13.8. The van der Waals surface area contributed by atoms with E-state index in [0.29, 0.717) is 38.8 Å². The Labute approximate surface area is 222 Å². The first-order valence-electron chi connectivity index (χ1n) is 12.6. The molecular formula is C24H42N4O6S2. The van der Waals surface area contributed by atoms with E-state index in [0.717, 1.165) is 17.9 Å². The third-order valence-electron chi connectivity index (χ3n) is 5.89. The molecule has 0 aromatic heterocycles. The van der Waals surface area contributed by atoms with Gasteiger partial charge in [-0.1, -0.05) is 20.3 Å². The summed E-state index contributed by atoms with van der Waals surface area (Å²) in [6, 6.07) is -1.38. The topological polar surface area (TPSA) is 137 Å². The summed E-state index contributed by atoms with van der Waals surface area (Å²) >= 11 is 3.60. The van der Waals surface area contributed by atoms with Crippen LogP contribution in [-0.2, 0) is 19.1 Å². The highest BCUT2D eigenvalue weighted by Crippen LogP contribution is 2.52. The highest BCUT2D eigenvalue weighted by molar-refractivity contribution is 8.21. The molecule has 2 atom stereocenters. The first-order valence-corrected chi connectivity index (χ1v) is 14.6. The van der Waals surface area contributed by atoms with Crippen LogP contribution in [0.25, 0.3) is 0 Å². The highest BCUT2D eigenvalue weighted by atomic mass is 32.2. The van der Waals surface area contributed by atoms with Gasteiger partial charge in [-0.05, 0) is 46.0 Å². The maximum atomic E-state index is 13.7. The van der Waals surface area contributed by atoms with Crippen molar-refractivity contribution in [2.45, 2.75) is 94.9 Å². The largest absolute Gasteiger partial charge is 0.444 e. The van der Waals surface area contributed by atoms with Crippen molar-refractivity contribution in [1.82, 2.24) is 21.0 Å². The molecule has 0 aliphatic carbocycles. The lowest BCUT2D eigenvalue weighted by Crippen LogP contribution is -2.54. The Morgan fingerprint density at radius 1 is 1.11 bits per heavy atom. The monoisotopic (exact) mass is 546 g/mol. The maximum Gasteiger partial charge on any atom is 0.408 e. The van der Waals surface area contributed by atoms with E-state index in [1.165, 1.54) is 0 Å². The Morgan fingerprint density at radius 2 is 1.78 bits per heavy atom. The van der Waals surface area contributed by atoms with Crippen LogP contribution >= 0.6 is 23.5 Å². The number of ether oxygens (including phenoxy) is 1. The van der Waals surface area contributed by atoms with Crippen molar-refractivity contribution in [3.63, 3.8) is 0 Å². The molecule has 0 radical (unpaired) electrons. The van der Waals surface area contributed by atoms with Crippen LogP contribution in [0.3, 0.4) is 0 Å². The predicted molar refractivity (Wildman–Crippen MR) is 142 cm³/mol. The van der Waals surface area contributed by atoms with Crippen LogP contribution in [0, 0.1) is 5.92 Å². The first-order chi connectivity index (χ1) is 16.9. The molecule has 2 heterocycles. The van der Waals surface area contributed by atoms with E-state index < -0.39 is 29.7 Å². The van der Waals surface area contributed by atoms with Gasteiger partial charge in [0.25, 0.3) is 0 Å². The van der Waals surface area contributed by atoms with Crippen molar-refractivity contribution < 1.29 is 29.1 Å². The number of likely N-dealkylation sites (tertiary alicyclic amines) is 1. The SMILES string of the molecule is CC(C)C[C@H](NC(=O)OC(C)(C)C)C(=O)N1CC2(C[C@H]1C(=O)NCCCCCC(=O)NO)SCCS2. The summed E-state index contributed by atoms with van der Waals surface area (Å²) < 4.78 is 5.19. The molecule has 0 saturated carbocycles. The van der Waals surface area contributed by atoms with E-state index in [1.54, 1.807) is 54.7 Å². The van der Waals surface area contributed by atoms with Crippen LogP contribution in [-0.4, -0.2) is 80.3 Å². The number of carbonyl (C=O) groups excluding carboxylic acids is 4. The number of nitrogens with one attached hydrogen (secondary N) is 3. The number of hydrogen-bond acceptors (Lipinski definition) is 8. The van der Waals surface area contributed by atoms with E-state index >= 15 is 0 Å². The molecule has 0 bridgehead atoms. The third-order valence-corrected chi connectivity index (χ3v) is 9.32. The van der Waals surface area contributed by atoms with Crippen LogP contribution in [0.15, 0.2) is 0 Å². The molecule has 4 N–H and O–H groups in total. The Bertz CT molecular complexity index is 783. The molecule has 2 rings (SSSR count). The van der Waals surface area contributed by atoms with Gasteiger partial charge in [0.2, 0.25) is 17.7 Å². The first kappa shape index (κ1) is 30.6. The number of alkyl carbamates (subject to hydrolysis) is 1. The van der Waals surface area contributed by atoms with Crippen molar-refractivity contribution in [2.24, 2.45) is 5.92 Å². The number of thioether (sulfide) groups is 2. The molecule has 2 fully saturated rings. The van der Waals surface area contributed by atoms with Gasteiger partial charge in [0, 0.05) is 37.4 Å². The predicted octanol–water partition coefficient (Wildman–Crippen LogP) is 2.89. The second-order valence-corrected chi connectivity index (χ2v) is 14.0. The zero-order chi connectivity index (χ0) is 26.9. The fourth-order valence-corrected chi connectivity index (χ4v) is 7.58. The van der Waals surface area contributed by atoms with Crippen molar-refractivity contribution in [2.75, 3.05) is 24.6 Å². The number of hydroxylamine groups is 1. The lowest BCUT2D eigenvalue weighted by molar-refractivity contribution is -0.140. The van der Waals surface area contributed by atoms with E-state index in [9.17, 15) is 19.2 Å². The van der Waals surface area contributed by atoms with Gasteiger partial charge in [-0.15, -0.1) is 23.5 Å². The lowest BCUT2D eigenvalue weighted by atomic mass is 10.0. The van der Waals surface area contributed by atoms with E-state index in [-0.39, 0.29) is 28.2 Å². The average molecular weight is 547 g/mol. The van der Waals surface area contributed by atoms with Gasteiger partial charge in [-0.3, -0.25) is 19.6 Å². The molecular weight excluding hydrogens is 504 g/mol. The van der Waals surface area contributed by atoms with Gasteiger partial charge in [0.1, 0.15) is 17.7 Å². The zero-order valence-corrected chi connectivity index (χ0v) is 23.7. The summed E-state index contributed by atoms with van der Waals surface area (Å²) in [6.45, 7) is 10.2. The fourth-order valence-electron chi connectivity index (χ4n) is 4.33. The molecule has 12 heteroatoms. The fraction of sp³-hybridized carbons (Fsp3) is 0.833. The maximum absolute atomic E-state index is 13.7. The average Bonchev–Trinajstić information content (AvgIpc) is 3.40. The number of rotatable bonds is 11. The van der Waals surface area contributed by atoms with Gasteiger partial charge in [0.05, 0.1) is 4.08 Å². The Balaban J connectivity index is 2.06. The molecule has 2 saturated heterocycles. The Kier molecular flexibility index (Phi) is 11.7. The van der Waals surface area contributed by atoms with E-state index in [1.807, 2.05) is 13.8 Å². The van der Waals surface area contributed by atoms with Crippen LogP contribution < -0.4 is 16.1 Å².